The summed E-state index contributed by atoms with van der Waals surface area (Å²) in [4.78, 5) is 7.58. The minimum Gasteiger partial charge on any atom is -0.245 e. The Hall–Kier alpha value is -0.530. The van der Waals surface area contributed by atoms with Crippen LogP contribution >= 0.6 is 15.9 Å². The predicted molar refractivity (Wildman–Crippen MR) is 51.6 cm³/mol. The standard InChI is InChI=1S/C6H8BrN3O2S/c7-4-13(11,12)10-3-6-1-2-8-5-9-6/h1-2,5,10H,3-4H2. The molecule has 0 radical (unpaired) electrons. The normalized spacial score (nSPS) is 11.5. The van der Waals surface area contributed by atoms with Crippen molar-refractivity contribution in [3.8, 4) is 0 Å². The molecule has 0 aliphatic rings. The Bertz CT molecular complexity index is 353. The summed E-state index contributed by atoms with van der Waals surface area (Å²) in [6.45, 7) is 0.191. The van der Waals surface area contributed by atoms with Crippen LogP contribution in [-0.4, -0.2) is 23.0 Å². The third-order valence-electron chi connectivity index (χ3n) is 1.26. The predicted octanol–water partition coefficient (Wildman–Crippen LogP) is 0.248. The van der Waals surface area contributed by atoms with E-state index in [1.54, 1.807) is 12.3 Å². The lowest BCUT2D eigenvalue weighted by molar-refractivity contribution is 0.585. The molecule has 0 saturated carbocycles. The van der Waals surface area contributed by atoms with Gasteiger partial charge in [0.25, 0.3) is 0 Å². The Morgan fingerprint density at radius 3 is 2.85 bits per heavy atom. The SMILES string of the molecule is O=S(=O)(CBr)NCc1ccncn1. The van der Waals surface area contributed by atoms with E-state index in [1.807, 2.05) is 0 Å². The quantitative estimate of drug-likeness (QED) is 0.793. The minimum absolute atomic E-state index is 0.106. The number of rotatable bonds is 4. The number of nitrogens with zero attached hydrogens (tertiary/aromatic N) is 2. The Labute approximate surface area is 84.8 Å². The zero-order valence-corrected chi connectivity index (χ0v) is 9.05. The molecule has 0 bridgehead atoms. The highest BCUT2D eigenvalue weighted by molar-refractivity contribution is 9.10. The first-order valence-corrected chi connectivity index (χ1v) is 6.19. The third kappa shape index (κ3) is 3.79. The van der Waals surface area contributed by atoms with E-state index in [9.17, 15) is 8.42 Å². The topological polar surface area (TPSA) is 72.0 Å². The second-order valence-corrected chi connectivity index (χ2v) is 5.36. The van der Waals surface area contributed by atoms with Crippen LogP contribution in [0.25, 0.3) is 0 Å². The molecule has 1 heterocycles. The van der Waals surface area contributed by atoms with Gasteiger partial charge in [-0.2, -0.15) is 0 Å². The third-order valence-corrected chi connectivity index (χ3v) is 3.94. The Kier molecular flexibility index (Phi) is 3.76. The zero-order valence-electron chi connectivity index (χ0n) is 6.64. The fourth-order valence-electron chi connectivity index (χ4n) is 0.645. The summed E-state index contributed by atoms with van der Waals surface area (Å²) in [7, 11) is -3.21. The van der Waals surface area contributed by atoms with Gasteiger partial charge in [0, 0.05) is 6.20 Å². The highest BCUT2D eigenvalue weighted by Crippen LogP contribution is 1.95. The molecular formula is C6H8BrN3O2S. The van der Waals surface area contributed by atoms with Crippen LogP contribution in [0.15, 0.2) is 18.6 Å². The first-order valence-electron chi connectivity index (χ1n) is 3.42. The van der Waals surface area contributed by atoms with Gasteiger partial charge in [-0.25, -0.2) is 23.1 Å². The van der Waals surface area contributed by atoms with Gasteiger partial charge >= 0.3 is 0 Å². The van der Waals surface area contributed by atoms with E-state index in [1.165, 1.54) is 6.33 Å². The van der Waals surface area contributed by atoms with Crippen molar-refractivity contribution in [2.75, 3.05) is 4.66 Å². The monoisotopic (exact) mass is 265 g/mol. The maximum Gasteiger partial charge on any atom is 0.221 e. The molecule has 5 nitrogen and oxygen atoms in total. The summed E-state index contributed by atoms with van der Waals surface area (Å²) >= 11 is 2.86. The lowest BCUT2D eigenvalue weighted by Crippen LogP contribution is -2.24. The molecule has 0 spiro atoms. The second kappa shape index (κ2) is 4.64. The number of halogens is 1. The summed E-state index contributed by atoms with van der Waals surface area (Å²) in [6.07, 6.45) is 2.93. The molecule has 0 amide bonds. The molecule has 1 rings (SSSR count). The van der Waals surface area contributed by atoms with Crippen molar-refractivity contribution in [2.45, 2.75) is 6.54 Å². The summed E-state index contributed by atoms with van der Waals surface area (Å²) in [5.41, 5.74) is 0.638. The minimum atomic E-state index is -3.21. The van der Waals surface area contributed by atoms with Crippen LogP contribution in [0.2, 0.25) is 0 Å². The van der Waals surface area contributed by atoms with E-state index in [0.29, 0.717) is 5.69 Å². The first kappa shape index (κ1) is 10.6. The molecule has 0 unspecified atom stereocenters. The smallest absolute Gasteiger partial charge is 0.221 e. The largest absolute Gasteiger partial charge is 0.245 e. The molecule has 1 aromatic heterocycles. The second-order valence-electron chi connectivity index (χ2n) is 2.25. The Morgan fingerprint density at radius 2 is 2.31 bits per heavy atom. The maximum absolute atomic E-state index is 11.0. The number of sulfonamides is 1. The van der Waals surface area contributed by atoms with E-state index in [4.69, 9.17) is 0 Å². The van der Waals surface area contributed by atoms with Crippen molar-refractivity contribution in [1.29, 1.82) is 0 Å². The fraction of sp³-hybridized carbons (Fsp3) is 0.333. The van der Waals surface area contributed by atoms with E-state index >= 15 is 0 Å². The lowest BCUT2D eigenvalue weighted by Gasteiger charge is -2.01. The highest BCUT2D eigenvalue weighted by Gasteiger charge is 2.06. The van der Waals surface area contributed by atoms with E-state index < -0.39 is 10.0 Å². The Morgan fingerprint density at radius 1 is 1.54 bits per heavy atom. The van der Waals surface area contributed by atoms with Gasteiger partial charge in [0.15, 0.2) is 0 Å². The Balaban J connectivity index is 2.54. The van der Waals surface area contributed by atoms with Gasteiger partial charge in [-0.15, -0.1) is 0 Å². The average Bonchev–Trinajstić information content (AvgIpc) is 2.17. The highest BCUT2D eigenvalue weighted by atomic mass is 79.9. The van der Waals surface area contributed by atoms with Gasteiger partial charge in [-0.3, -0.25) is 0 Å². The van der Waals surface area contributed by atoms with Crippen molar-refractivity contribution in [1.82, 2.24) is 14.7 Å². The van der Waals surface area contributed by atoms with Gasteiger partial charge in [-0.1, -0.05) is 15.9 Å². The molecule has 72 valence electrons. The van der Waals surface area contributed by atoms with Crippen LogP contribution in [-0.2, 0) is 16.6 Å². The zero-order chi connectivity index (χ0) is 9.73. The number of hydrogen-bond acceptors (Lipinski definition) is 4. The van der Waals surface area contributed by atoms with Crippen molar-refractivity contribution in [3.63, 3.8) is 0 Å². The van der Waals surface area contributed by atoms with Crippen molar-refractivity contribution in [2.24, 2.45) is 0 Å². The molecule has 13 heavy (non-hydrogen) atoms. The number of alkyl halides is 1. The van der Waals surface area contributed by atoms with Crippen molar-refractivity contribution in [3.05, 3.63) is 24.3 Å². The van der Waals surface area contributed by atoms with E-state index in [0.717, 1.165) is 0 Å². The van der Waals surface area contributed by atoms with Crippen LogP contribution in [0, 0.1) is 0 Å². The van der Waals surface area contributed by atoms with E-state index in [-0.39, 0.29) is 11.2 Å². The summed E-state index contributed by atoms with van der Waals surface area (Å²) < 4.78 is 24.2. The van der Waals surface area contributed by atoms with Gasteiger partial charge in [0.05, 0.1) is 12.2 Å². The van der Waals surface area contributed by atoms with E-state index in [2.05, 4.69) is 30.6 Å². The van der Waals surface area contributed by atoms with Crippen LogP contribution in [0.4, 0.5) is 0 Å². The number of aromatic nitrogens is 2. The molecule has 1 N–H and O–H groups in total. The van der Waals surface area contributed by atoms with Crippen LogP contribution in [0.3, 0.4) is 0 Å². The fourth-order valence-corrected chi connectivity index (χ4v) is 1.58. The molecule has 1 aromatic rings. The molecule has 0 saturated heterocycles. The summed E-state index contributed by atoms with van der Waals surface area (Å²) in [5.74, 6) is 0. The van der Waals surface area contributed by atoms with Gasteiger partial charge < -0.3 is 0 Å². The molecule has 7 heteroatoms. The molecule has 0 aliphatic heterocycles. The number of nitrogens with one attached hydrogen (secondary N) is 1. The average molecular weight is 266 g/mol. The molecule has 0 fully saturated rings. The van der Waals surface area contributed by atoms with Crippen LogP contribution in [0.1, 0.15) is 5.69 Å². The summed E-state index contributed by atoms with van der Waals surface area (Å²) in [6, 6.07) is 1.65. The van der Waals surface area contributed by atoms with Crippen LogP contribution in [0.5, 0.6) is 0 Å². The molecule has 0 aliphatic carbocycles. The first-order chi connectivity index (χ1) is 6.14. The van der Waals surface area contributed by atoms with Crippen molar-refractivity contribution < 1.29 is 8.42 Å². The van der Waals surface area contributed by atoms with Gasteiger partial charge in [0.1, 0.15) is 11.0 Å². The van der Waals surface area contributed by atoms with Gasteiger partial charge in [-0.05, 0) is 6.07 Å². The molecule has 0 atom stereocenters. The number of hydrogen-bond donors (Lipinski definition) is 1. The molecular weight excluding hydrogens is 258 g/mol. The van der Waals surface area contributed by atoms with Crippen molar-refractivity contribution >= 4 is 26.0 Å². The lowest BCUT2D eigenvalue weighted by atomic mass is 10.4. The van der Waals surface area contributed by atoms with Crippen LogP contribution < -0.4 is 4.72 Å². The summed E-state index contributed by atoms with van der Waals surface area (Å²) in [5, 5.41) is 0. The maximum atomic E-state index is 11.0. The molecule has 0 aromatic carbocycles. The van der Waals surface area contributed by atoms with Gasteiger partial charge in [0.2, 0.25) is 10.0 Å².